The Morgan fingerprint density at radius 1 is 0.947 bits per heavy atom. The fourth-order valence-electron chi connectivity index (χ4n) is 2.03. The molecule has 0 aliphatic rings. The first-order chi connectivity index (χ1) is 9.10. The first-order valence-electron chi connectivity index (χ1n) is 6.57. The standard InChI is InChI=1S/C17H19BrO/c1-4-14-5-7-15(8-6-14)11-19-16-9-12(2)17(18)13(3)10-16/h5-10H,4,11H2,1-3H3. The van der Waals surface area contributed by atoms with Gasteiger partial charge in [0, 0.05) is 4.47 Å². The lowest BCUT2D eigenvalue weighted by Crippen LogP contribution is -1.97. The summed E-state index contributed by atoms with van der Waals surface area (Å²) in [6.07, 6.45) is 1.08. The molecule has 0 aliphatic carbocycles. The highest BCUT2D eigenvalue weighted by atomic mass is 79.9. The average Bonchev–Trinajstić information content (AvgIpc) is 2.43. The van der Waals surface area contributed by atoms with Gasteiger partial charge in [0.15, 0.2) is 0 Å². The van der Waals surface area contributed by atoms with Crippen LogP contribution in [-0.2, 0) is 13.0 Å². The van der Waals surface area contributed by atoms with Crippen molar-refractivity contribution in [2.24, 2.45) is 0 Å². The van der Waals surface area contributed by atoms with E-state index in [0.29, 0.717) is 6.61 Å². The molecule has 0 aromatic heterocycles. The summed E-state index contributed by atoms with van der Waals surface area (Å²) in [6.45, 7) is 6.95. The van der Waals surface area contributed by atoms with E-state index in [1.165, 1.54) is 22.3 Å². The fourth-order valence-corrected chi connectivity index (χ4v) is 2.26. The highest BCUT2D eigenvalue weighted by molar-refractivity contribution is 9.10. The van der Waals surface area contributed by atoms with Crippen molar-refractivity contribution in [1.29, 1.82) is 0 Å². The van der Waals surface area contributed by atoms with Gasteiger partial charge in [-0.2, -0.15) is 0 Å². The van der Waals surface area contributed by atoms with E-state index in [0.717, 1.165) is 16.6 Å². The molecule has 0 spiro atoms. The molecule has 0 saturated carbocycles. The molecule has 0 heterocycles. The van der Waals surface area contributed by atoms with Gasteiger partial charge in [-0.15, -0.1) is 0 Å². The van der Waals surface area contributed by atoms with Crippen LogP contribution in [0.4, 0.5) is 0 Å². The molecule has 2 rings (SSSR count). The molecule has 100 valence electrons. The van der Waals surface area contributed by atoms with Crippen LogP contribution in [0.3, 0.4) is 0 Å². The molecule has 1 nitrogen and oxygen atoms in total. The van der Waals surface area contributed by atoms with Crippen LogP contribution in [0.15, 0.2) is 40.9 Å². The van der Waals surface area contributed by atoms with Gasteiger partial charge in [-0.25, -0.2) is 0 Å². The summed E-state index contributed by atoms with van der Waals surface area (Å²) in [4.78, 5) is 0. The van der Waals surface area contributed by atoms with Crippen molar-refractivity contribution in [3.63, 3.8) is 0 Å². The van der Waals surface area contributed by atoms with Gasteiger partial charge in [-0.1, -0.05) is 47.1 Å². The minimum absolute atomic E-state index is 0.616. The molecular formula is C17H19BrO. The van der Waals surface area contributed by atoms with Crippen molar-refractivity contribution in [1.82, 2.24) is 0 Å². The van der Waals surface area contributed by atoms with Gasteiger partial charge in [0.2, 0.25) is 0 Å². The van der Waals surface area contributed by atoms with Crippen molar-refractivity contribution in [3.8, 4) is 5.75 Å². The highest BCUT2D eigenvalue weighted by Gasteiger charge is 2.03. The monoisotopic (exact) mass is 318 g/mol. The molecule has 0 atom stereocenters. The summed E-state index contributed by atoms with van der Waals surface area (Å²) < 4.78 is 7.02. The van der Waals surface area contributed by atoms with Gasteiger partial charge in [0.1, 0.15) is 12.4 Å². The molecule has 0 aliphatic heterocycles. The molecule has 2 heteroatoms. The van der Waals surface area contributed by atoms with Crippen LogP contribution in [0, 0.1) is 13.8 Å². The summed E-state index contributed by atoms with van der Waals surface area (Å²) in [5.74, 6) is 0.928. The topological polar surface area (TPSA) is 9.23 Å². The molecule has 0 amide bonds. The highest BCUT2D eigenvalue weighted by Crippen LogP contribution is 2.26. The fraction of sp³-hybridized carbons (Fsp3) is 0.294. The maximum Gasteiger partial charge on any atom is 0.120 e. The molecule has 0 unspecified atom stereocenters. The van der Waals surface area contributed by atoms with Crippen molar-refractivity contribution in [3.05, 3.63) is 63.1 Å². The smallest absolute Gasteiger partial charge is 0.120 e. The Bertz CT molecular complexity index is 535. The zero-order valence-electron chi connectivity index (χ0n) is 11.7. The predicted octanol–water partition coefficient (Wildman–Crippen LogP) is 5.21. The molecule has 0 radical (unpaired) electrons. The minimum Gasteiger partial charge on any atom is -0.489 e. The summed E-state index contributed by atoms with van der Waals surface area (Å²) >= 11 is 3.57. The van der Waals surface area contributed by atoms with Crippen LogP contribution in [0.5, 0.6) is 5.75 Å². The number of hydrogen-bond donors (Lipinski definition) is 0. The van der Waals surface area contributed by atoms with E-state index in [1.54, 1.807) is 0 Å². The van der Waals surface area contributed by atoms with E-state index in [-0.39, 0.29) is 0 Å². The molecule has 0 fully saturated rings. The van der Waals surface area contributed by atoms with Gasteiger partial charge in [-0.3, -0.25) is 0 Å². The largest absolute Gasteiger partial charge is 0.489 e. The van der Waals surface area contributed by atoms with E-state index < -0.39 is 0 Å². The van der Waals surface area contributed by atoms with Crippen LogP contribution in [0.25, 0.3) is 0 Å². The molecular weight excluding hydrogens is 300 g/mol. The number of hydrogen-bond acceptors (Lipinski definition) is 1. The van der Waals surface area contributed by atoms with E-state index in [2.05, 4.69) is 73.1 Å². The van der Waals surface area contributed by atoms with Crippen LogP contribution in [0.2, 0.25) is 0 Å². The van der Waals surface area contributed by atoms with Gasteiger partial charge in [0.25, 0.3) is 0 Å². The zero-order valence-corrected chi connectivity index (χ0v) is 13.3. The Morgan fingerprint density at radius 3 is 2.00 bits per heavy atom. The van der Waals surface area contributed by atoms with Gasteiger partial charge in [0.05, 0.1) is 0 Å². The Labute approximate surface area is 123 Å². The molecule has 0 N–H and O–H groups in total. The Morgan fingerprint density at radius 2 is 1.47 bits per heavy atom. The maximum atomic E-state index is 5.86. The summed E-state index contributed by atoms with van der Waals surface area (Å²) in [5, 5.41) is 0. The first-order valence-corrected chi connectivity index (χ1v) is 7.37. The number of benzene rings is 2. The van der Waals surface area contributed by atoms with E-state index in [9.17, 15) is 0 Å². The minimum atomic E-state index is 0.616. The lowest BCUT2D eigenvalue weighted by atomic mass is 10.1. The van der Waals surface area contributed by atoms with E-state index in [1.807, 2.05) is 0 Å². The van der Waals surface area contributed by atoms with Crippen LogP contribution in [-0.4, -0.2) is 0 Å². The third kappa shape index (κ3) is 3.60. The summed E-state index contributed by atoms with van der Waals surface area (Å²) in [7, 11) is 0. The lowest BCUT2D eigenvalue weighted by molar-refractivity contribution is 0.305. The second-order valence-corrected chi connectivity index (χ2v) is 5.62. The zero-order chi connectivity index (χ0) is 13.8. The Kier molecular flexibility index (Phi) is 4.65. The second kappa shape index (κ2) is 6.25. The summed E-state index contributed by atoms with van der Waals surface area (Å²) in [6, 6.07) is 12.7. The second-order valence-electron chi connectivity index (χ2n) is 4.83. The van der Waals surface area contributed by atoms with Crippen molar-refractivity contribution in [2.45, 2.75) is 33.8 Å². The number of halogens is 1. The maximum absolute atomic E-state index is 5.86. The van der Waals surface area contributed by atoms with Crippen LogP contribution < -0.4 is 4.74 Å². The molecule has 0 bridgehead atoms. The molecule has 2 aromatic carbocycles. The molecule has 19 heavy (non-hydrogen) atoms. The van der Waals surface area contributed by atoms with E-state index >= 15 is 0 Å². The van der Waals surface area contributed by atoms with Crippen molar-refractivity contribution < 1.29 is 4.74 Å². The number of ether oxygens (including phenoxy) is 1. The number of aryl methyl sites for hydroxylation is 3. The normalized spacial score (nSPS) is 10.5. The van der Waals surface area contributed by atoms with Crippen LogP contribution in [0.1, 0.15) is 29.2 Å². The van der Waals surface area contributed by atoms with Gasteiger partial charge in [-0.05, 0) is 54.7 Å². The SMILES string of the molecule is CCc1ccc(COc2cc(C)c(Br)c(C)c2)cc1. The lowest BCUT2D eigenvalue weighted by Gasteiger charge is -2.10. The van der Waals surface area contributed by atoms with Crippen molar-refractivity contribution >= 4 is 15.9 Å². The first kappa shape index (κ1) is 14.1. The third-order valence-corrected chi connectivity index (χ3v) is 4.50. The quantitative estimate of drug-likeness (QED) is 0.752. The van der Waals surface area contributed by atoms with Gasteiger partial charge < -0.3 is 4.74 Å². The average molecular weight is 319 g/mol. The van der Waals surface area contributed by atoms with Crippen molar-refractivity contribution in [2.75, 3.05) is 0 Å². The molecule has 2 aromatic rings. The Balaban J connectivity index is 2.05. The third-order valence-electron chi connectivity index (χ3n) is 3.25. The van der Waals surface area contributed by atoms with E-state index in [4.69, 9.17) is 4.74 Å². The summed E-state index contributed by atoms with van der Waals surface area (Å²) in [5.41, 5.74) is 4.97. The van der Waals surface area contributed by atoms with Crippen LogP contribution >= 0.6 is 15.9 Å². The molecule has 0 saturated heterocycles. The van der Waals surface area contributed by atoms with Gasteiger partial charge >= 0.3 is 0 Å². The Hall–Kier alpha value is -1.28. The predicted molar refractivity (Wildman–Crippen MR) is 83.8 cm³/mol. The number of rotatable bonds is 4.